The van der Waals surface area contributed by atoms with E-state index < -0.39 is 0 Å². The molecule has 1 radical (unpaired) electrons. The van der Waals surface area contributed by atoms with Gasteiger partial charge in [0.2, 0.25) is 0 Å². The fraction of sp³-hybridized carbons (Fsp3) is 0.312. The van der Waals surface area contributed by atoms with Crippen LogP contribution in [-0.4, -0.2) is 15.9 Å². The van der Waals surface area contributed by atoms with E-state index in [2.05, 4.69) is 65.0 Å². The topological polar surface area (TPSA) is 50.2 Å². The fourth-order valence-electron chi connectivity index (χ4n) is 4.64. The minimum absolute atomic E-state index is 0. The van der Waals surface area contributed by atoms with Crippen LogP contribution in [0.4, 0.5) is 0 Å². The molecule has 5 rings (SSSR count). The molecule has 3 nitrogen and oxygen atoms in total. The zero-order chi connectivity index (χ0) is 26.4. The van der Waals surface area contributed by atoms with Crippen molar-refractivity contribution in [2.45, 2.75) is 53.4 Å². The van der Waals surface area contributed by atoms with Crippen LogP contribution >= 0.6 is 22.7 Å². The Morgan fingerprint density at radius 3 is 2.34 bits per heavy atom. The van der Waals surface area contributed by atoms with Crippen molar-refractivity contribution >= 4 is 58.8 Å². The molecule has 6 heteroatoms. The van der Waals surface area contributed by atoms with Gasteiger partial charge in [-0.25, -0.2) is 0 Å². The number of benzene rings is 2. The normalized spacial score (nSPS) is 11.7. The first-order chi connectivity index (χ1) is 18.0. The molecule has 0 aliphatic heterocycles. The molecule has 0 aliphatic rings. The first kappa shape index (κ1) is 30.2. The summed E-state index contributed by atoms with van der Waals surface area (Å²) in [4.78, 5) is 16.3. The number of rotatable bonds is 8. The van der Waals surface area contributed by atoms with E-state index in [1.165, 1.54) is 36.7 Å². The number of ketones is 1. The predicted molar refractivity (Wildman–Crippen MR) is 161 cm³/mol. The number of hydrogen-bond acceptors (Lipinski definition) is 5. The second-order valence-corrected chi connectivity index (χ2v) is 11.2. The molecule has 2 aromatic carbocycles. The van der Waals surface area contributed by atoms with Gasteiger partial charge in [-0.05, 0) is 53.0 Å². The van der Waals surface area contributed by atoms with Gasteiger partial charge < -0.3 is 10.1 Å². The molecule has 0 amide bonds. The van der Waals surface area contributed by atoms with Gasteiger partial charge in [-0.15, -0.1) is 17.5 Å². The number of fused-ring (bicyclic) bond motifs is 4. The van der Waals surface area contributed by atoms with Crippen LogP contribution in [0, 0.1) is 17.9 Å². The smallest absolute Gasteiger partial charge is 0.162 e. The summed E-state index contributed by atoms with van der Waals surface area (Å²) in [5.74, 6) is 0.547. The molecule has 0 saturated carbocycles. The molecule has 38 heavy (non-hydrogen) atoms. The molecule has 0 atom stereocenters. The van der Waals surface area contributed by atoms with Gasteiger partial charge in [0.25, 0.3) is 0 Å². The van der Waals surface area contributed by atoms with E-state index in [0.717, 1.165) is 36.6 Å². The van der Waals surface area contributed by atoms with Gasteiger partial charge in [0.15, 0.2) is 5.78 Å². The molecule has 1 N–H and O–H groups in total. The summed E-state index contributed by atoms with van der Waals surface area (Å²) < 4.78 is 3.72. The number of nitrogens with zero attached hydrogens (tertiary/aromatic N) is 1. The average molecular weight is 721 g/mol. The molecular formula is C32H34IrNO2S2-. The van der Waals surface area contributed by atoms with Crippen LogP contribution in [0.5, 0.6) is 0 Å². The van der Waals surface area contributed by atoms with Gasteiger partial charge in [0.1, 0.15) is 0 Å². The molecule has 0 fully saturated rings. The number of pyridine rings is 1. The zero-order valence-corrected chi connectivity index (χ0v) is 26.3. The van der Waals surface area contributed by atoms with Crippen molar-refractivity contribution in [3.8, 4) is 11.1 Å². The number of hydrogen-bond donors (Lipinski definition) is 1. The van der Waals surface area contributed by atoms with Gasteiger partial charge >= 0.3 is 0 Å². The maximum absolute atomic E-state index is 11.7. The summed E-state index contributed by atoms with van der Waals surface area (Å²) in [5, 5.41) is 14.3. The van der Waals surface area contributed by atoms with Gasteiger partial charge in [-0.1, -0.05) is 74.2 Å². The van der Waals surface area contributed by atoms with Crippen LogP contribution in [-0.2, 0) is 24.9 Å². The molecule has 0 bridgehead atoms. The standard InChI is InChI=1S/C19H10NS2.C13H24O2.Ir/c1-2-4-12(5-3-1)14-6-8-20-18-15-11-16-13(7-9-21-16)10-17(15)22-19(14)18;1-5-10(6-2)12(14)9-13(15)11(7-3)8-4;/h1-10H;9-11,14H,5-8H2,1-4H3;/q-1;;/b;12-9-;. The largest absolute Gasteiger partial charge is 0.512 e. The van der Waals surface area contributed by atoms with E-state index >= 15 is 0 Å². The van der Waals surface area contributed by atoms with Crippen molar-refractivity contribution < 1.29 is 30.0 Å². The van der Waals surface area contributed by atoms with Gasteiger partial charge in [-0.2, -0.15) is 22.7 Å². The van der Waals surface area contributed by atoms with Crippen LogP contribution in [0.15, 0.2) is 71.9 Å². The quantitative estimate of drug-likeness (QED) is 0.0987. The van der Waals surface area contributed by atoms with Crippen molar-refractivity contribution in [2.75, 3.05) is 0 Å². The maximum Gasteiger partial charge on any atom is 0.162 e. The molecule has 201 valence electrons. The minimum Gasteiger partial charge on any atom is -0.512 e. The predicted octanol–water partition coefficient (Wildman–Crippen LogP) is 10.00. The summed E-state index contributed by atoms with van der Waals surface area (Å²) in [6.07, 6.45) is 6.81. The third-order valence-electron chi connectivity index (χ3n) is 6.99. The number of allylic oxidation sites excluding steroid dienone is 2. The van der Waals surface area contributed by atoms with Crippen molar-refractivity contribution in [2.24, 2.45) is 11.8 Å². The second kappa shape index (κ2) is 14.1. The number of aliphatic hydroxyl groups excluding tert-OH is 1. The fourth-order valence-corrected chi connectivity index (χ4v) is 6.62. The monoisotopic (exact) mass is 721 g/mol. The molecule has 0 unspecified atom stereocenters. The molecule has 0 aliphatic carbocycles. The Labute approximate surface area is 247 Å². The van der Waals surface area contributed by atoms with Gasteiger partial charge in [-0.3, -0.25) is 4.79 Å². The summed E-state index contributed by atoms with van der Waals surface area (Å²) >= 11 is 3.55. The Balaban J connectivity index is 0.000000223. The molecule has 3 aromatic heterocycles. The van der Waals surface area contributed by atoms with Crippen LogP contribution in [0.2, 0.25) is 0 Å². The summed E-state index contributed by atoms with van der Waals surface area (Å²) in [5.41, 5.74) is 3.56. The van der Waals surface area contributed by atoms with E-state index in [1.54, 1.807) is 11.3 Å². The maximum atomic E-state index is 11.7. The number of carbonyl (C=O) groups is 1. The summed E-state index contributed by atoms with van der Waals surface area (Å²) in [6, 6.07) is 20.6. The van der Waals surface area contributed by atoms with Crippen LogP contribution < -0.4 is 0 Å². The van der Waals surface area contributed by atoms with Crippen molar-refractivity contribution in [1.82, 2.24) is 4.98 Å². The number of thiophene rings is 2. The van der Waals surface area contributed by atoms with E-state index in [1.807, 2.05) is 45.2 Å². The van der Waals surface area contributed by atoms with Gasteiger partial charge in [0.05, 0.1) is 5.76 Å². The summed E-state index contributed by atoms with van der Waals surface area (Å²) in [7, 11) is 0. The zero-order valence-electron chi connectivity index (χ0n) is 22.3. The van der Waals surface area contributed by atoms with E-state index in [9.17, 15) is 9.90 Å². The number of aliphatic hydroxyl groups is 1. The van der Waals surface area contributed by atoms with Crippen LogP contribution in [0.1, 0.15) is 53.4 Å². The molecule has 0 spiro atoms. The first-order valence-electron chi connectivity index (χ1n) is 13.1. The molecule has 5 aromatic rings. The van der Waals surface area contributed by atoms with E-state index in [0.29, 0.717) is 0 Å². The van der Waals surface area contributed by atoms with Crippen molar-refractivity contribution in [3.63, 3.8) is 0 Å². The average Bonchev–Trinajstić information content (AvgIpc) is 3.53. The molecule has 0 saturated heterocycles. The summed E-state index contributed by atoms with van der Waals surface area (Å²) in [6.45, 7) is 8.07. The Morgan fingerprint density at radius 1 is 1.00 bits per heavy atom. The number of aromatic nitrogens is 1. The molecular weight excluding hydrogens is 687 g/mol. The van der Waals surface area contributed by atoms with Crippen LogP contribution in [0.25, 0.3) is 41.5 Å². The van der Waals surface area contributed by atoms with E-state index in [4.69, 9.17) is 0 Å². The Bertz CT molecular complexity index is 1510. The van der Waals surface area contributed by atoms with E-state index in [-0.39, 0.29) is 43.5 Å². The Hall–Kier alpha value is -2.37. The van der Waals surface area contributed by atoms with Crippen LogP contribution in [0.3, 0.4) is 0 Å². The Kier molecular flexibility index (Phi) is 11.2. The van der Waals surface area contributed by atoms with Gasteiger partial charge in [0, 0.05) is 54.4 Å². The molecule has 3 heterocycles. The minimum atomic E-state index is 0. The van der Waals surface area contributed by atoms with Crippen molar-refractivity contribution in [1.29, 1.82) is 0 Å². The second-order valence-electron chi connectivity index (χ2n) is 9.22. The number of carbonyl (C=O) groups excluding carboxylic acids is 1. The Morgan fingerprint density at radius 2 is 1.68 bits per heavy atom. The third kappa shape index (κ3) is 6.60. The third-order valence-corrected chi connectivity index (χ3v) is 8.99. The SMILES string of the molecule is CCC(CC)C(=O)/C=C(\O)C(CC)CC.[Ir].[c-]1c2sccc2cc2sc3c(-c4ccccc4)ccnc3c12. The van der Waals surface area contributed by atoms with Crippen molar-refractivity contribution in [3.05, 3.63) is 78.0 Å². The first-order valence-corrected chi connectivity index (χ1v) is 14.8.